The molecular formula is C14H15IN4S. The van der Waals surface area contributed by atoms with E-state index < -0.39 is 0 Å². The molecular weight excluding hydrogens is 383 g/mol. The zero-order valence-electron chi connectivity index (χ0n) is 11.2. The zero-order valence-corrected chi connectivity index (χ0v) is 14.2. The van der Waals surface area contributed by atoms with Crippen LogP contribution in [-0.4, -0.2) is 4.57 Å². The molecule has 0 bridgehead atoms. The molecule has 2 heterocycles. The third-order valence-corrected chi connectivity index (χ3v) is 4.15. The second kappa shape index (κ2) is 6.36. The van der Waals surface area contributed by atoms with E-state index in [1.807, 2.05) is 55.2 Å². The number of aryl methyl sites for hydroxylation is 2. The molecule has 0 unspecified atom stereocenters. The average molecular weight is 398 g/mol. The largest absolute Gasteiger partial charge is 1.00 e. The van der Waals surface area contributed by atoms with E-state index in [1.54, 1.807) is 11.3 Å². The molecule has 0 radical (unpaired) electrons. The van der Waals surface area contributed by atoms with Gasteiger partial charge in [0.1, 0.15) is 0 Å². The van der Waals surface area contributed by atoms with Crippen molar-refractivity contribution in [3.8, 4) is 0 Å². The molecule has 20 heavy (non-hydrogen) atoms. The van der Waals surface area contributed by atoms with Crippen LogP contribution in [0, 0.1) is 0 Å². The number of thiazole rings is 1. The quantitative estimate of drug-likeness (QED) is 0.335. The molecule has 2 aromatic heterocycles. The van der Waals surface area contributed by atoms with E-state index in [-0.39, 0.29) is 24.0 Å². The van der Waals surface area contributed by atoms with Crippen molar-refractivity contribution in [1.29, 1.82) is 0 Å². The number of halogens is 1. The Morgan fingerprint density at radius 3 is 2.65 bits per heavy atom. The van der Waals surface area contributed by atoms with Crippen LogP contribution in [0.25, 0.3) is 10.2 Å². The molecule has 1 aromatic carbocycles. The molecule has 0 aliphatic heterocycles. The van der Waals surface area contributed by atoms with Gasteiger partial charge in [-0.2, -0.15) is 0 Å². The van der Waals surface area contributed by atoms with Crippen molar-refractivity contribution < 1.29 is 28.5 Å². The number of nitrogens with zero attached hydrogens (tertiary/aromatic N) is 3. The number of rotatable bonds is 2. The summed E-state index contributed by atoms with van der Waals surface area (Å²) in [7, 11) is 4.02. The summed E-state index contributed by atoms with van der Waals surface area (Å²) in [5, 5.41) is 4.48. The van der Waals surface area contributed by atoms with Gasteiger partial charge in [0.25, 0.3) is 5.82 Å². The molecule has 4 nitrogen and oxygen atoms in total. The molecule has 3 aromatic rings. The molecule has 0 saturated heterocycles. The molecule has 6 heteroatoms. The standard InChI is InChI=1S/C14H14N4S.HI/c1-17-10-6-5-9-13(17)15-16-14-18(2)11-7-3-4-8-12(11)19-14;/h3-10H,1-2H3;1H/b16-14+;. The summed E-state index contributed by atoms with van der Waals surface area (Å²) >= 11 is 1.67. The molecule has 0 aliphatic carbocycles. The Morgan fingerprint density at radius 1 is 1.15 bits per heavy atom. The highest BCUT2D eigenvalue weighted by Gasteiger charge is 2.04. The van der Waals surface area contributed by atoms with Gasteiger partial charge in [0.05, 0.1) is 23.5 Å². The van der Waals surface area contributed by atoms with E-state index in [4.69, 9.17) is 0 Å². The number of aromatic nitrogens is 2. The summed E-state index contributed by atoms with van der Waals surface area (Å²) in [6, 6.07) is 14.3. The third-order valence-electron chi connectivity index (χ3n) is 3.04. The van der Waals surface area contributed by atoms with Crippen LogP contribution in [0.5, 0.6) is 0 Å². The van der Waals surface area contributed by atoms with Gasteiger partial charge in [-0.25, -0.2) is 4.57 Å². The van der Waals surface area contributed by atoms with E-state index in [0.29, 0.717) is 0 Å². The van der Waals surface area contributed by atoms with Crippen LogP contribution < -0.4 is 38.8 Å². The number of hydrogen-bond donors (Lipinski definition) is 1. The maximum atomic E-state index is 4.48. The fourth-order valence-electron chi connectivity index (χ4n) is 1.93. The molecule has 104 valence electrons. The average Bonchev–Trinajstić information content (AvgIpc) is 2.75. The maximum absolute atomic E-state index is 4.48. The molecule has 1 N–H and O–H groups in total. The van der Waals surface area contributed by atoms with Gasteiger partial charge in [0.15, 0.2) is 0 Å². The first-order valence-corrected chi connectivity index (χ1v) is 6.86. The summed E-state index contributed by atoms with van der Waals surface area (Å²) in [6.07, 6.45) is 1.99. The number of hydrogen-bond acceptors (Lipinski definition) is 3. The third kappa shape index (κ3) is 2.85. The van der Waals surface area contributed by atoms with E-state index >= 15 is 0 Å². The molecule has 0 fully saturated rings. The van der Waals surface area contributed by atoms with Crippen LogP contribution in [0.3, 0.4) is 0 Å². The Bertz CT molecular complexity index is 791. The first kappa shape index (κ1) is 15.0. The Balaban J connectivity index is 0.00000147. The first-order chi connectivity index (χ1) is 9.25. The number of para-hydroxylation sites is 1. The van der Waals surface area contributed by atoms with E-state index in [2.05, 4.69) is 27.2 Å². The van der Waals surface area contributed by atoms with E-state index in [0.717, 1.165) is 10.6 Å². The predicted octanol–water partition coefficient (Wildman–Crippen LogP) is -1.00. The number of anilines is 1. The summed E-state index contributed by atoms with van der Waals surface area (Å²) in [6.45, 7) is 0. The highest BCUT2D eigenvalue weighted by atomic mass is 127. The summed E-state index contributed by atoms with van der Waals surface area (Å²) in [4.78, 5) is 0.949. The number of nitrogens with one attached hydrogen (secondary N) is 1. The number of benzene rings is 1. The minimum Gasteiger partial charge on any atom is -1.00 e. The van der Waals surface area contributed by atoms with Gasteiger partial charge in [-0.3, -0.25) is 0 Å². The van der Waals surface area contributed by atoms with Gasteiger partial charge in [-0.05, 0) is 18.2 Å². The van der Waals surface area contributed by atoms with Crippen molar-refractivity contribution in [1.82, 2.24) is 4.57 Å². The first-order valence-electron chi connectivity index (χ1n) is 6.04. The molecule has 3 rings (SSSR count). The Kier molecular flexibility index (Phi) is 4.77. The molecule has 0 saturated carbocycles. The van der Waals surface area contributed by atoms with Crippen LogP contribution in [-0.2, 0) is 14.1 Å². The fraction of sp³-hybridized carbons (Fsp3) is 0.143. The minimum absolute atomic E-state index is 0. The van der Waals surface area contributed by atoms with Crippen molar-refractivity contribution >= 4 is 27.4 Å². The topological polar surface area (TPSA) is 33.2 Å². The van der Waals surface area contributed by atoms with Gasteiger partial charge in [-0.15, -0.1) is 5.43 Å². The maximum Gasteiger partial charge on any atom is 0.299 e. The number of fused-ring (bicyclic) bond motifs is 1. The summed E-state index contributed by atoms with van der Waals surface area (Å²) in [5.74, 6) is 0.958. The molecule has 0 atom stereocenters. The van der Waals surface area contributed by atoms with Gasteiger partial charge in [-0.1, -0.05) is 34.6 Å². The minimum atomic E-state index is 0. The lowest BCUT2D eigenvalue weighted by Gasteiger charge is -1.96. The highest BCUT2D eigenvalue weighted by Crippen LogP contribution is 2.15. The van der Waals surface area contributed by atoms with Crippen molar-refractivity contribution in [2.24, 2.45) is 19.2 Å². The molecule has 0 amide bonds. The normalized spacial score (nSPS) is 11.4. The smallest absolute Gasteiger partial charge is 0.299 e. The highest BCUT2D eigenvalue weighted by molar-refractivity contribution is 7.16. The van der Waals surface area contributed by atoms with E-state index in [1.165, 1.54) is 10.2 Å². The SMILES string of the molecule is Cn1/c(=N\Nc2cccc[n+]2C)sc2ccccc21.[I-]. The van der Waals surface area contributed by atoms with E-state index in [9.17, 15) is 0 Å². The Morgan fingerprint density at radius 2 is 1.90 bits per heavy atom. The molecule has 0 spiro atoms. The van der Waals surface area contributed by atoms with Crippen LogP contribution in [0.2, 0.25) is 0 Å². The summed E-state index contributed by atoms with van der Waals surface area (Å²) in [5.41, 5.74) is 4.31. The predicted molar refractivity (Wildman–Crippen MR) is 77.6 cm³/mol. The second-order valence-electron chi connectivity index (χ2n) is 4.33. The van der Waals surface area contributed by atoms with Crippen molar-refractivity contribution in [2.45, 2.75) is 0 Å². The monoisotopic (exact) mass is 398 g/mol. The van der Waals surface area contributed by atoms with Crippen LogP contribution in [0.4, 0.5) is 5.82 Å². The fourth-order valence-corrected chi connectivity index (χ4v) is 2.91. The van der Waals surface area contributed by atoms with Gasteiger partial charge in [0, 0.05) is 13.1 Å². The summed E-state index contributed by atoms with van der Waals surface area (Å²) < 4.78 is 5.33. The lowest BCUT2D eigenvalue weighted by atomic mass is 10.3. The Labute approximate surface area is 138 Å². The van der Waals surface area contributed by atoms with Crippen molar-refractivity contribution in [3.05, 3.63) is 53.5 Å². The zero-order chi connectivity index (χ0) is 13.2. The van der Waals surface area contributed by atoms with Crippen LogP contribution >= 0.6 is 11.3 Å². The Hall–Kier alpha value is -1.41. The van der Waals surface area contributed by atoms with Gasteiger partial charge < -0.3 is 28.5 Å². The van der Waals surface area contributed by atoms with Crippen LogP contribution in [0.1, 0.15) is 0 Å². The number of pyridine rings is 1. The molecule has 0 aliphatic rings. The lowest BCUT2D eigenvalue weighted by molar-refractivity contribution is -0.657. The van der Waals surface area contributed by atoms with Gasteiger partial charge in [0.2, 0.25) is 4.80 Å². The van der Waals surface area contributed by atoms with Gasteiger partial charge >= 0.3 is 0 Å². The second-order valence-corrected chi connectivity index (χ2v) is 5.34. The van der Waals surface area contributed by atoms with Crippen LogP contribution in [0.15, 0.2) is 53.8 Å². The lowest BCUT2D eigenvalue weighted by Crippen LogP contribution is -3.00. The van der Waals surface area contributed by atoms with Crippen molar-refractivity contribution in [2.75, 3.05) is 5.43 Å². The van der Waals surface area contributed by atoms with Crippen molar-refractivity contribution in [3.63, 3.8) is 0 Å².